The minimum absolute atomic E-state index is 0.551. The van der Waals surface area contributed by atoms with Crippen molar-refractivity contribution < 1.29 is 5.11 Å². The number of anilines is 2. The summed E-state index contributed by atoms with van der Waals surface area (Å²) in [6.07, 6.45) is 0.946. The fraction of sp³-hybridized carbons (Fsp3) is 0.714. The van der Waals surface area contributed by atoms with Crippen LogP contribution in [0.1, 0.15) is 39.1 Å². The maximum absolute atomic E-state index is 9.87. The molecule has 0 spiro atoms. The Morgan fingerprint density at radius 3 is 2.53 bits per heavy atom. The van der Waals surface area contributed by atoms with E-state index in [1.54, 1.807) is 13.8 Å². The molecule has 1 aliphatic heterocycles. The maximum atomic E-state index is 9.87. The second-order valence-electron chi connectivity index (χ2n) is 5.27. The summed E-state index contributed by atoms with van der Waals surface area (Å²) >= 11 is 0. The molecule has 0 aromatic carbocycles. The van der Waals surface area contributed by atoms with Gasteiger partial charge in [-0.05, 0) is 27.2 Å². The van der Waals surface area contributed by atoms with Gasteiger partial charge in [0.1, 0.15) is 17.5 Å². The molecule has 2 rings (SSSR count). The molecule has 1 aliphatic rings. The molecule has 2 heterocycles. The summed E-state index contributed by atoms with van der Waals surface area (Å²) in [6, 6.07) is 0. The van der Waals surface area contributed by atoms with Crippen LogP contribution in [0, 0.1) is 6.92 Å². The predicted molar refractivity (Wildman–Crippen MR) is 79.9 cm³/mol. The van der Waals surface area contributed by atoms with Gasteiger partial charge in [-0.2, -0.15) is 0 Å². The highest BCUT2D eigenvalue weighted by atomic mass is 16.3. The van der Waals surface area contributed by atoms with Gasteiger partial charge < -0.3 is 15.3 Å². The van der Waals surface area contributed by atoms with Gasteiger partial charge in [0, 0.05) is 25.7 Å². The monoisotopic (exact) mass is 266 g/mol. The first-order chi connectivity index (χ1) is 8.87. The molecule has 0 radical (unpaired) electrons. The van der Waals surface area contributed by atoms with Crippen molar-refractivity contribution in [2.24, 2.45) is 0 Å². The number of hydrogen-bond acceptors (Lipinski definition) is 5. The van der Waals surface area contributed by atoms with Gasteiger partial charge in [0.25, 0.3) is 0 Å². The third-order valence-electron chi connectivity index (χ3n) is 2.75. The fourth-order valence-corrected chi connectivity index (χ4v) is 2.23. The average molecular weight is 266 g/mol. The molecule has 2 N–H and O–H groups in total. The van der Waals surface area contributed by atoms with E-state index in [9.17, 15) is 5.11 Å². The Kier molecular flexibility index (Phi) is 5.11. The molecular formula is C14H26N4O. The summed E-state index contributed by atoms with van der Waals surface area (Å²) in [7, 11) is 1.96. The number of rotatable bonds is 3. The van der Waals surface area contributed by atoms with E-state index in [4.69, 9.17) is 0 Å². The van der Waals surface area contributed by atoms with Crippen LogP contribution in [0.15, 0.2) is 0 Å². The molecule has 0 amide bonds. The Labute approximate surface area is 116 Å². The molecular weight excluding hydrogens is 240 g/mol. The minimum atomic E-state index is -0.730. The van der Waals surface area contributed by atoms with Crippen LogP contribution in [0.4, 0.5) is 11.6 Å². The van der Waals surface area contributed by atoms with Gasteiger partial charge in [-0.15, -0.1) is 0 Å². The van der Waals surface area contributed by atoms with E-state index in [1.807, 2.05) is 32.7 Å². The fourth-order valence-electron chi connectivity index (χ4n) is 2.23. The molecule has 0 saturated carbocycles. The molecule has 108 valence electrons. The van der Waals surface area contributed by atoms with Gasteiger partial charge >= 0.3 is 0 Å². The number of nitrogens with zero attached hydrogens (tertiary/aromatic N) is 3. The summed E-state index contributed by atoms with van der Waals surface area (Å²) in [5.74, 6) is 2.63. The van der Waals surface area contributed by atoms with Crippen molar-refractivity contribution in [2.75, 3.05) is 30.4 Å². The number of aryl methyl sites for hydroxylation is 1. The normalized spacial score (nSPS) is 13.2. The molecule has 1 aromatic rings. The number of fused-ring (bicyclic) bond motifs is 1. The topological polar surface area (TPSA) is 61.3 Å². The van der Waals surface area contributed by atoms with E-state index in [0.29, 0.717) is 6.54 Å². The molecule has 5 heteroatoms. The zero-order valence-corrected chi connectivity index (χ0v) is 12.9. The van der Waals surface area contributed by atoms with Gasteiger partial charge in [0.05, 0.1) is 5.60 Å². The zero-order valence-electron chi connectivity index (χ0n) is 12.9. The number of aromatic nitrogens is 2. The van der Waals surface area contributed by atoms with E-state index < -0.39 is 5.60 Å². The zero-order chi connectivity index (χ0) is 14.6. The van der Waals surface area contributed by atoms with Crippen LogP contribution in [0.5, 0.6) is 0 Å². The van der Waals surface area contributed by atoms with Crippen LogP contribution in [0.3, 0.4) is 0 Å². The molecule has 0 atom stereocenters. The van der Waals surface area contributed by atoms with Crippen molar-refractivity contribution in [3.63, 3.8) is 0 Å². The Balaban J connectivity index is 0.000000861. The second kappa shape index (κ2) is 6.19. The van der Waals surface area contributed by atoms with Crippen molar-refractivity contribution >= 4 is 11.6 Å². The van der Waals surface area contributed by atoms with Crippen molar-refractivity contribution in [3.05, 3.63) is 11.4 Å². The Morgan fingerprint density at radius 1 is 1.32 bits per heavy atom. The van der Waals surface area contributed by atoms with Gasteiger partial charge in [-0.25, -0.2) is 9.97 Å². The number of aliphatic hydroxyl groups is 1. The smallest absolute Gasteiger partial charge is 0.137 e. The molecule has 0 fully saturated rings. The first-order valence-electron chi connectivity index (χ1n) is 6.92. The molecule has 19 heavy (non-hydrogen) atoms. The average Bonchev–Trinajstić information content (AvgIpc) is 2.76. The lowest BCUT2D eigenvalue weighted by Crippen LogP contribution is -2.37. The molecule has 0 saturated heterocycles. The van der Waals surface area contributed by atoms with Gasteiger partial charge in [-0.1, -0.05) is 13.8 Å². The SMILES string of the molecule is CC.Cc1nc2c(c(N(C)CC(C)(C)O)n1)CCN2. The van der Waals surface area contributed by atoms with Gasteiger partial charge in [0.15, 0.2) is 0 Å². The van der Waals surface area contributed by atoms with Gasteiger partial charge in [-0.3, -0.25) is 0 Å². The van der Waals surface area contributed by atoms with Crippen molar-refractivity contribution in [3.8, 4) is 0 Å². The summed E-state index contributed by atoms with van der Waals surface area (Å²) in [6.45, 7) is 11.0. The van der Waals surface area contributed by atoms with Crippen LogP contribution < -0.4 is 10.2 Å². The minimum Gasteiger partial charge on any atom is -0.389 e. The lowest BCUT2D eigenvalue weighted by atomic mass is 10.1. The third kappa shape index (κ3) is 4.06. The van der Waals surface area contributed by atoms with Crippen molar-refractivity contribution in [1.29, 1.82) is 0 Å². The first-order valence-corrected chi connectivity index (χ1v) is 6.92. The van der Waals surface area contributed by atoms with Gasteiger partial charge in [0.2, 0.25) is 0 Å². The number of likely N-dealkylation sites (N-methyl/N-ethyl adjacent to an activating group) is 1. The molecule has 0 aliphatic carbocycles. The van der Waals surface area contributed by atoms with E-state index in [1.165, 1.54) is 0 Å². The third-order valence-corrected chi connectivity index (χ3v) is 2.75. The first kappa shape index (κ1) is 15.7. The highest BCUT2D eigenvalue weighted by Gasteiger charge is 2.23. The highest BCUT2D eigenvalue weighted by Crippen LogP contribution is 2.28. The summed E-state index contributed by atoms with van der Waals surface area (Å²) in [5.41, 5.74) is 0.425. The molecule has 1 aromatic heterocycles. The van der Waals surface area contributed by atoms with E-state index >= 15 is 0 Å². The van der Waals surface area contributed by atoms with Crippen molar-refractivity contribution in [1.82, 2.24) is 9.97 Å². The summed E-state index contributed by atoms with van der Waals surface area (Å²) in [5, 5.41) is 13.1. The van der Waals surface area contributed by atoms with Crippen LogP contribution in [0.25, 0.3) is 0 Å². The van der Waals surface area contributed by atoms with Crippen molar-refractivity contribution in [2.45, 2.75) is 46.6 Å². The Morgan fingerprint density at radius 2 is 1.95 bits per heavy atom. The largest absolute Gasteiger partial charge is 0.389 e. The van der Waals surface area contributed by atoms with Crippen LogP contribution in [-0.2, 0) is 6.42 Å². The second-order valence-corrected chi connectivity index (χ2v) is 5.27. The summed E-state index contributed by atoms with van der Waals surface area (Å²) in [4.78, 5) is 10.9. The van der Waals surface area contributed by atoms with Crippen LogP contribution in [-0.4, -0.2) is 40.8 Å². The number of hydrogen-bond donors (Lipinski definition) is 2. The lowest BCUT2D eigenvalue weighted by molar-refractivity contribution is 0.0884. The van der Waals surface area contributed by atoms with E-state index in [2.05, 4.69) is 15.3 Å². The molecule has 0 bridgehead atoms. The lowest BCUT2D eigenvalue weighted by Gasteiger charge is -2.27. The number of nitrogens with one attached hydrogen (secondary N) is 1. The summed E-state index contributed by atoms with van der Waals surface area (Å²) < 4.78 is 0. The predicted octanol–water partition coefficient (Wildman–Crippen LogP) is 1.99. The molecule has 5 nitrogen and oxygen atoms in total. The standard InChI is InChI=1S/C12H20N4O.C2H6/c1-8-14-10-9(5-6-13-10)11(15-8)16(4)7-12(2,3)17;1-2/h17H,5-7H2,1-4H3,(H,13,14,15);1-2H3. The molecule has 0 unspecified atom stereocenters. The quantitative estimate of drug-likeness (QED) is 0.876. The Hall–Kier alpha value is -1.36. The van der Waals surface area contributed by atoms with E-state index in [-0.39, 0.29) is 0 Å². The van der Waals surface area contributed by atoms with E-state index in [0.717, 1.165) is 36.0 Å². The van der Waals surface area contributed by atoms with Crippen LogP contribution in [0.2, 0.25) is 0 Å². The Bertz CT molecular complexity index is 426. The highest BCUT2D eigenvalue weighted by molar-refractivity contribution is 5.62. The van der Waals surface area contributed by atoms with Crippen LogP contribution >= 0.6 is 0 Å². The maximum Gasteiger partial charge on any atom is 0.137 e.